The van der Waals surface area contributed by atoms with Crippen molar-refractivity contribution in [2.24, 2.45) is 4.99 Å². The van der Waals surface area contributed by atoms with E-state index in [-0.39, 0.29) is 0 Å². The monoisotopic (exact) mass is 290 g/mol. The number of nitrogens with zero attached hydrogens (tertiary/aromatic N) is 2. The number of aryl methyl sites for hydroxylation is 1. The average Bonchev–Trinajstić information content (AvgIpc) is 2.83. The molecule has 0 saturated carbocycles. The molecule has 20 heavy (non-hydrogen) atoms. The first-order valence-corrected chi connectivity index (χ1v) is 10.9. The fraction of sp³-hybridized carbons (Fsp3) is 0.562. The highest BCUT2D eigenvalue weighted by molar-refractivity contribution is 6.70. The van der Waals surface area contributed by atoms with Crippen molar-refractivity contribution in [3.05, 3.63) is 23.8 Å². The van der Waals surface area contributed by atoms with Crippen LogP contribution in [0.2, 0.25) is 19.6 Å². The zero-order chi connectivity index (χ0) is 14.6. The lowest BCUT2D eigenvalue weighted by molar-refractivity contribution is 0.391. The molecule has 1 aromatic carbocycles. The normalized spacial score (nSPS) is 17.0. The Balaban J connectivity index is 2.07. The number of hydrogen-bond donors (Lipinski definition) is 0. The number of hydrogen-bond acceptors (Lipinski definition) is 3. The third kappa shape index (κ3) is 4.76. The number of rotatable bonds is 5. The molecule has 2 rings (SSSR count). The SMILES string of the molecule is Cc1ccc(N=CCN2CCCC2)c(O[Si](C)(C)C)c1. The molecule has 0 atom stereocenters. The van der Waals surface area contributed by atoms with Crippen molar-refractivity contribution in [3.63, 3.8) is 0 Å². The second-order valence-corrected chi connectivity index (χ2v) is 10.9. The molecule has 0 bridgehead atoms. The second-order valence-electron chi connectivity index (χ2n) is 6.51. The predicted octanol–water partition coefficient (Wildman–Crippen LogP) is 4.01. The van der Waals surface area contributed by atoms with E-state index in [4.69, 9.17) is 4.43 Å². The highest BCUT2D eigenvalue weighted by Gasteiger charge is 2.18. The molecular formula is C16H26N2OSi. The molecule has 1 fully saturated rings. The van der Waals surface area contributed by atoms with Gasteiger partial charge in [0.25, 0.3) is 0 Å². The predicted molar refractivity (Wildman–Crippen MR) is 89.0 cm³/mol. The molecule has 1 aliphatic rings. The van der Waals surface area contributed by atoms with Crippen molar-refractivity contribution in [1.82, 2.24) is 4.90 Å². The third-order valence-electron chi connectivity index (χ3n) is 3.30. The maximum atomic E-state index is 6.15. The highest BCUT2D eigenvalue weighted by Crippen LogP contribution is 2.30. The molecular weight excluding hydrogens is 264 g/mol. The van der Waals surface area contributed by atoms with Crippen molar-refractivity contribution in [2.75, 3.05) is 19.6 Å². The maximum Gasteiger partial charge on any atom is 0.242 e. The highest BCUT2D eigenvalue weighted by atomic mass is 28.4. The molecule has 1 aliphatic heterocycles. The van der Waals surface area contributed by atoms with Crippen LogP contribution >= 0.6 is 0 Å². The van der Waals surface area contributed by atoms with Crippen LogP contribution in [0.5, 0.6) is 5.75 Å². The van der Waals surface area contributed by atoms with Crippen LogP contribution < -0.4 is 4.43 Å². The largest absolute Gasteiger partial charge is 0.543 e. The summed E-state index contributed by atoms with van der Waals surface area (Å²) in [5.74, 6) is 0.932. The van der Waals surface area contributed by atoms with E-state index in [0.29, 0.717) is 0 Å². The molecule has 0 amide bonds. The van der Waals surface area contributed by atoms with Gasteiger partial charge in [-0.1, -0.05) is 6.07 Å². The third-order valence-corrected chi connectivity index (χ3v) is 4.13. The summed E-state index contributed by atoms with van der Waals surface area (Å²) in [5.41, 5.74) is 2.17. The average molecular weight is 290 g/mol. The van der Waals surface area contributed by atoms with E-state index >= 15 is 0 Å². The van der Waals surface area contributed by atoms with Crippen LogP contribution in [0.4, 0.5) is 5.69 Å². The summed E-state index contributed by atoms with van der Waals surface area (Å²) in [7, 11) is -1.60. The first kappa shape index (κ1) is 15.3. The Morgan fingerprint density at radius 1 is 1.25 bits per heavy atom. The molecule has 1 heterocycles. The van der Waals surface area contributed by atoms with E-state index in [2.05, 4.69) is 54.7 Å². The minimum atomic E-state index is -1.60. The first-order chi connectivity index (χ1) is 9.44. The summed E-state index contributed by atoms with van der Waals surface area (Å²) >= 11 is 0. The molecule has 0 spiro atoms. The fourth-order valence-electron chi connectivity index (χ4n) is 2.36. The molecule has 0 aliphatic carbocycles. The van der Waals surface area contributed by atoms with E-state index in [1.165, 1.54) is 31.5 Å². The summed E-state index contributed by atoms with van der Waals surface area (Å²) in [6.45, 7) is 12.1. The molecule has 1 aromatic rings. The van der Waals surface area contributed by atoms with Crippen molar-refractivity contribution in [1.29, 1.82) is 0 Å². The number of likely N-dealkylation sites (tertiary alicyclic amines) is 1. The summed E-state index contributed by atoms with van der Waals surface area (Å²) < 4.78 is 6.15. The molecule has 110 valence electrons. The Hall–Kier alpha value is -1.13. The Kier molecular flexibility index (Phi) is 4.99. The van der Waals surface area contributed by atoms with E-state index < -0.39 is 8.32 Å². The molecule has 1 saturated heterocycles. The van der Waals surface area contributed by atoms with Crippen molar-refractivity contribution < 1.29 is 4.43 Å². The summed E-state index contributed by atoms with van der Waals surface area (Å²) in [6, 6.07) is 6.26. The molecule has 0 N–H and O–H groups in total. The molecule has 4 heteroatoms. The minimum Gasteiger partial charge on any atom is -0.543 e. The van der Waals surface area contributed by atoms with Gasteiger partial charge >= 0.3 is 0 Å². The molecule has 0 unspecified atom stereocenters. The van der Waals surface area contributed by atoms with Gasteiger partial charge in [0.05, 0.1) is 0 Å². The van der Waals surface area contributed by atoms with Crippen molar-refractivity contribution in [3.8, 4) is 5.75 Å². The minimum absolute atomic E-state index is 0.932. The lowest BCUT2D eigenvalue weighted by Gasteiger charge is -2.21. The fourth-order valence-corrected chi connectivity index (χ4v) is 3.18. The lowest BCUT2D eigenvalue weighted by atomic mass is 10.2. The van der Waals surface area contributed by atoms with Gasteiger partial charge in [0.1, 0.15) is 11.4 Å². The Bertz CT molecular complexity index is 474. The van der Waals surface area contributed by atoms with Gasteiger partial charge < -0.3 is 4.43 Å². The van der Waals surface area contributed by atoms with Crippen LogP contribution in [0.3, 0.4) is 0 Å². The Morgan fingerprint density at radius 2 is 1.95 bits per heavy atom. The standard InChI is InChI=1S/C16H26N2OSi/c1-14-7-8-15(16(13-14)19-20(2,3)4)17-9-12-18-10-5-6-11-18/h7-9,13H,5-6,10-12H2,1-4H3. The van der Waals surface area contributed by atoms with Crippen molar-refractivity contribution in [2.45, 2.75) is 39.4 Å². The first-order valence-electron chi connectivity index (χ1n) is 7.49. The Labute approximate surface area is 123 Å². The van der Waals surface area contributed by atoms with Gasteiger partial charge in [0.15, 0.2) is 0 Å². The van der Waals surface area contributed by atoms with E-state index in [9.17, 15) is 0 Å². The van der Waals surface area contributed by atoms with E-state index in [0.717, 1.165) is 18.0 Å². The van der Waals surface area contributed by atoms with Gasteiger partial charge in [-0.25, -0.2) is 0 Å². The number of benzene rings is 1. The topological polar surface area (TPSA) is 24.8 Å². The number of aliphatic imine (C=N–C) groups is 1. The van der Waals surface area contributed by atoms with Gasteiger partial charge in [-0.3, -0.25) is 9.89 Å². The van der Waals surface area contributed by atoms with Gasteiger partial charge in [0.2, 0.25) is 8.32 Å². The van der Waals surface area contributed by atoms with Crippen LogP contribution in [0.1, 0.15) is 18.4 Å². The van der Waals surface area contributed by atoms with E-state index in [1.807, 2.05) is 6.21 Å². The summed E-state index contributed by atoms with van der Waals surface area (Å²) in [5, 5.41) is 0. The van der Waals surface area contributed by atoms with Gasteiger partial charge in [-0.2, -0.15) is 0 Å². The van der Waals surface area contributed by atoms with Gasteiger partial charge in [-0.15, -0.1) is 0 Å². The zero-order valence-corrected chi connectivity index (χ0v) is 14.1. The zero-order valence-electron chi connectivity index (χ0n) is 13.1. The maximum absolute atomic E-state index is 6.15. The smallest absolute Gasteiger partial charge is 0.242 e. The molecule has 3 nitrogen and oxygen atoms in total. The summed E-state index contributed by atoms with van der Waals surface area (Å²) in [6.07, 6.45) is 4.66. The van der Waals surface area contributed by atoms with Crippen LogP contribution in [0.25, 0.3) is 0 Å². The molecule has 0 radical (unpaired) electrons. The Morgan fingerprint density at radius 3 is 2.60 bits per heavy atom. The van der Waals surface area contributed by atoms with Crippen LogP contribution in [-0.4, -0.2) is 39.1 Å². The summed E-state index contributed by atoms with van der Waals surface area (Å²) in [4.78, 5) is 7.07. The van der Waals surface area contributed by atoms with Crippen LogP contribution in [0.15, 0.2) is 23.2 Å². The lowest BCUT2D eigenvalue weighted by Crippen LogP contribution is -2.29. The van der Waals surface area contributed by atoms with Crippen LogP contribution in [-0.2, 0) is 0 Å². The van der Waals surface area contributed by atoms with Gasteiger partial charge in [0, 0.05) is 12.8 Å². The molecule has 0 aromatic heterocycles. The van der Waals surface area contributed by atoms with Crippen molar-refractivity contribution >= 4 is 20.2 Å². The van der Waals surface area contributed by atoms with E-state index in [1.54, 1.807) is 0 Å². The van der Waals surface area contributed by atoms with Gasteiger partial charge in [-0.05, 0) is 70.2 Å². The second kappa shape index (κ2) is 6.55. The van der Waals surface area contributed by atoms with Crippen LogP contribution in [0, 0.1) is 6.92 Å². The quantitative estimate of drug-likeness (QED) is 0.604.